The van der Waals surface area contributed by atoms with Gasteiger partial charge in [-0.25, -0.2) is 0 Å². The third kappa shape index (κ3) is 4.29. The maximum Gasteiger partial charge on any atom is 0.438 e. The summed E-state index contributed by atoms with van der Waals surface area (Å²) in [6.45, 7) is 4.65. The van der Waals surface area contributed by atoms with Gasteiger partial charge in [0.2, 0.25) is 0 Å². The zero-order valence-corrected chi connectivity index (χ0v) is 15.4. The molecule has 1 heterocycles. The van der Waals surface area contributed by atoms with Crippen molar-refractivity contribution in [2.24, 2.45) is 11.0 Å². The smallest absolute Gasteiger partial charge is 0.438 e. The van der Waals surface area contributed by atoms with Gasteiger partial charge in [0.05, 0.1) is 0 Å². The molecule has 5 nitrogen and oxygen atoms in total. The summed E-state index contributed by atoms with van der Waals surface area (Å²) in [6, 6.07) is 4.61. The molecule has 0 radical (unpaired) electrons. The molecule has 0 aromatic heterocycles. The van der Waals surface area contributed by atoms with Crippen molar-refractivity contribution in [3.05, 3.63) is 28.8 Å². The highest BCUT2D eigenvalue weighted by atomic mass is 35.5. The Kier molecular flexibility index (Phi) is 5.87. The molecule has 1 N–H and O–H groups in total. The molecule has 1 aliphatic rings. The van der Waals surface area contributed by atoms with Gasteiger partial charge in [0.25, 0.3) is 11.6 Å². The van der Waals surface area contributed by atoms with E-state index >= 15 is 0 Å². The fourth-order valence-electron chi connectivity index (χ4n) is 2.60. The van der Waals surface area contributed by atoms with Crippen molar-refractivity contribution in [3.8, 4) is 5.75 Å². The van der Waals surface area contributed by atoms with Gasteiger partial charge in [-0.1, -0.05) is 25.4 Å². The lowest BCUT2D eigenvalue weighted by Gasteiger charge is -2.32. The van der Waals surface area contributed by atoms with Crippen LogP contribution < -0.4 is 4.74 Å². The summed E-state index contributed by atoms with van der Waals surface area (Å²) >= 11 is 5.89. The Morgan fingerprint density at radius 2 is 2.12 bits per heavy atom. The monoisotopic (exact) mass is 392 g/mol. The second-order valence-electron chi connectivity index (χ2n) is 6.66. The van der Waals surface area contributed by atoms with Crippen molar-refractivity contribution in [1.29, 1.82) is 0 Å². The fraction of sp³-hybridized carbons (Fsp3) is 0.529. The van der Waals surface area contributed by atoms with E-state index in [0.29, 0.717) is 10.6 Å². The molecule has 1 aromatic rings. The minimum Gasteiger partial charge on any atom is -0.484 e. The third-order valence-electron chi connectivity index (χ3n) is 3.87. The first-order chi connectivity index (χ1) is 11.9. The molecule has 0 spiro atoms. The summed E-state index contributed by atoms with van der Waals surface area (Å²) < 4.78 is 45.3. The average molecular weight is 393 g/mol. The number of hydrogen-bond donors (Lipinski definition) is 1. The van der Waals surface area contributed by atoms with E-state index in [1.165, 1.54) is 6.07 Å². The van der Waals surface area contributed by atoms with Crippen molar-refractivity contribution in [2.45, 2.75) is 45.5 Å². The lowest BCUT2D eigenvalue weighted by Crippen LogP contribution is -2.57. The highest BCUT2D eigenvalue weighted by molar-refractivity contribution is 6.31. The minimum atomic E-state index is -5.04. The Hall–Kier alpha value is -1.80. The molecule has 0 fully saturated rings. The molecule has 1 aliphatic heterocycles. The van der Waals surface area contributed by atoms with Crippen LogP contribution in [0.1, 0.15) is 32.3 Å². The van der Waals surface area contributed by atoms with E-state index in [-0.39, 0.29) is 28.8 Å². The number of rotatable bonds is 5. The van der Waals surface area contributed by atoms with Crippen LogP contribution in [0.2, 0.25) is 5.02 Å². The first-order valence-electron chi connectivity index (χ1n) is 8.01. The number of nitrogens with zero attached hydrogens (tertiary/aromatic N) is 2. The number of hydrazone groups is 1. The molecule has 0 saturated carbocycles. The maximum absolute atomic E-state index is 13.4. The fourth-order valence-corrected chi connectivity index (χ4v) is 2.72. The van der Waals surface area contributed by atoms with E-state index in [2.05, 4.69) is 5.10 Å². The molecule has 0 aliphatic carbocycles. The van der Waals surface area contributed by atoms with Gasteiger partial charge in [-0.3, -0.25) is 4.79 Å². The molecule has 2 rings (SSSR count). The Morgan fingerprint density at radius 1 is 1.46 bits per heavy atom. The van der Waals surface area contributed by atoms with Crippen LogP contribution in [0.3, 0.4) is 0 Å². The third-order valence-corrected chi connectivity index (χ3v) is 4.29. The zero-order valence-electron chi connectivity index (χ0n) is 14.6. The van der Waals surface area contributed by atoms with Crippen molar-refractivity contribution in [3.63, 3.8) is 0 Å². The highest BCUT2D eigenvalue weighted by Gasteiger charge is 2.63. The van der Waals surface area contributed by atoms with Crippen LogP contribution >= 0.6 is 11.6 Å². The van der Waals surface area contributed by atoms with Crippen LogP contribution in [0.5, 0.6) is 5.75 Å². The summed E-state index contributed by atoms with van der Waals surface area (Å²) in [7, 11) is 0. The van der Waals surface area contributed by atoms with Crippen LogP contribution in [0.25, 0.3) is 0 Å². The van der Waals surface area contributed by atoms with Crippen molar-refractivity contribution >= 4 is 23.2 Å². The summed E-state index contributed by atoms with van der Waals surface area (Å²) in [5.41, 5.74) is -2.54. The van der Waals surface area contributed by atoms with Crippen LogP contribution in [0.4, 0.5) is 13.2 Å². The number of alkyl halides is 3. The number of aryl methyl sites for hydroxylation is 1. The number of halogens is 4. The van der Waals surface area contributed by atoms with Gasteiger partial charge in [-0.05, 0) is 43.0 Å². The van der Waals surface area contributed by atoms with Gasteiger partial charge in [0.15, 0.2) is 6.61 Å². The number of hydrogen-bond acceptors (Lipinski definition) is 4. The molecule has 9 heteroatoms. The van der Waals surface area contributed by atoms with E-state index in [9.17, 15) is 23.1 Å². The molecular weight excluding hydrogens is 373 g/mol. The molecule has 26 heavy (non-hydrogen) atoms. The Bertz CT molecular complexity index is 722. The van der Waals surface area contributed by atoms with Crippen molar-refractivity contribution in [1.82, 2.24) is 5.01 Å². The predicted molar refractivity (Wildman–Crippen MR) is 91.0 cm³/mol. The zero-order chi connectivity index (χ0) is 19.7. The second-order valence-corrected chi connectivity index (χ2v) is 7.07. The van der Waals surface area contributed by atoms with Gasteiger partial charge in [-0.2, -0.15) is 23.3 Å². The lowest BCUT2D eigenvalue weighted by molar-refractivity contribution is -0.302. The molecule has 0 unspecified atom stereocenters. The molecule has 1 amide bonds. The number of ether oxygens (including phenoxy) is 1. The molecular formula is C17H20ClF3N2O3. The van der Waals surface area contributed by atoms with Gasteiger partial charge in [0.1, 0.15) is 5.75 Å². The van der Waals surface area contributed by atoms with Gasteiger partial charge in [-0.15, -0.1) is 0 Å². The van der Waals surface area contributed by atoms with E-state index in [4.69, 9.17) is 16.3 Å². The normalized spacial score (nSPS) is 20.5. The summed E-state index contributed by atoms with van der Waals surface area (Å²) in [6.07, 6.45) is -5.55. The molecule has 144 valence electrons. The quantitative estimate of drug-likeness (QED) is 0.826. The predicted octanol–water partition coefficient (Wildman–Crippen LogP) is 3.91. The first-order valence-corrected chi connectivity index (χ1v) is 8.39. The molecule has 1 aromatic carbocycles. The molecule has 0 saturated heterocycles. The average Bonchev–Trinajstić information content (AvgIpc) is 2.85. The van der Waals surface area contributed by atoms with Crippen LogP contribution in [-0.4, -0.2) is 40.2 Å². The van der Waals surface area contributed by atoms with Crippen molar-refractivity contribution < 1.29 is 27.8 Å². The summed E-state index contributed by atoms with van der Waals surface area (Å²) in [5, 5.41) is 14.4. The number of amides is 1. The SMILES string of the molecule is Cc1cc(OCC(=O)N2N=C(CC(C)C)C[C@@]2(O)C(F)(F)F)ccc1Cl. The Labute approximate surface area is 154 Å². The van der Waals surface area contributed by atoms with Crippen molar-refractivity contribution in [2.75, 3.05) is 6.61 Å². The number of benzene rings is 1. The largest absolute Gasteiger partial charge is 0.484 e. The Balaban J connectivity index is 2.17. The minimum absolute atomic E-state index is 0.0366. The number of carbonyl (C=O) groups is 1. The maximum atomic E-state index is 13.4. The molecule has 0 bridgehead atoms. The van der Waals surface area contributed by atoms with Crippen LogP contribution in [0.15, 0.2) is 23.3 Å². The molecule has 1 atom stereocenters. The van der Waals surface area contributed by atoms with E-state index < -0.39 is 30.8 Å². The van der Waals surface area contributed by atoms with E-state index in [1.807, 2.05) is 13.8 Å². The number of carbonyl (C=O) groups excluding carboxylic acids is 1. The number of aliphatic hydroxyl groups is 1. The van der Waals surface area contributed by atoms with E-state index in [0.717, 1.165) is 0 Å². The van der Waals surface area contributed by atoms with Crippen LogP contribution in [-0.2, 0) is 4.79 Å². The van der Waals surface area contributed by atoms with Crippen LogP contribution in [0, 0.1) is 12.8 Å². The topological polar surface area (TPSA) is 62.1 Å². The van der Waals surface area contributed by atoms with Gasteiger partial charge < -0.3 is 9.84 Å². The summed E-state index contributed by atoms with van der Waals surface area (Å²) in [4.78, 5) is 12.3. The van der Waals surface area contributed by atoms with E-state index in [1.54, 1.807) is 19.1 Å². The standard InChI is InChI=1S/C17H20ClF3N2O3/c1-10(2)6-12-8-16(25,17(19,20)21)23(22-12)15(24)9-26-13-4-5-14(18)11(3)7-13/h4-5,7,10,25H,6,8-9H2,1-3H3/t16-/m1/s1. The highest BCUT2D eigenvalue weighted by Crippen LogP contribution is 2.41. The first kappa shape index (κ1) is 20.5. The summed E-state index contributed by atoms with van der Waals surface area (Å²) in [5.74, 6) is -0.771. The Morgan fingerprint density at radius 3 is 2.65 bits per heavy atom. The van der Waals surface area contributed by atoms with Gasteiger partial charge >= 0.3 is 6.18 Å². The second kappa shape index (κ2) is 7.44. The van der Waals surface area contributed by atoms with Gasteiger partial charge in [0, 0.05) is 17.2 Å². The lowest BCUT2D eigenvalue weighted by atomic mass is 9.99.